The van der Waals surface area contributed by atoms with Crippen molar-refractivity contribution in [1.82, 2.24) is 10.0 Å². The molecule has 1 aromatic carbocycles. The van der Waals surface area contributed by atoms with E-state index in [2.05, 4.69) is 10.0 Å². The van der Waals surface area contributed by atoms with Crippen LogP contribution in [0.1, 0.15) is 30.4 Å². The Kier molecular flexibility index (Phi) is 5.34. The molecule has 2 N–H and O–H groups in total. The van der Waals surface area contributed by atoms with E-state index in [1.807, 2.05) is 6.07 Å². The van der Waals surface area contributed by atoms with E-state index < -0.39 is 10.0 Å². The van der Waals surface area contributed by atoms with Crippen molar-refractivity contribution in [2.75, 3.05) is 19.6 Å². The smallest absolute Gasteiger partial charge is 0.240 e. The van der Waals surface area contributed by atoms with Gasteiger partial charge in [0.1, 0.15) is 0 Å². The van der Waals surface area contributed by atoms with Gasteiger partial charge in [0.25, 0.3) is 0 Å². The molecule has 1 heterocycles. The molecule has 1 saturated heterocycles. The van der Waals surface area contributed by atoms with Gasteiger partial charge in [-0.25, -0.2) is 13.1 Å². The molecule has 114 valence electrons. The second kappa shape index (κ2) is 7.03. The molecule has 1 aliphatic rings. The number of piperidine rings is 1. The SMILES string of the molecule is Cc1ccc(C#N)cc1S(=O)(=O)NCCC1CCCNC1. The van der Waals surface area contributed by atoms with Crippen LogP contribution in [-0.4, -0.2) is 28.1 Å². The average Bonchev–Trinajstić information content (AvgIpc) is 2.48. The van der Waals surface area contributed by atoms with Gasteiger partial charge in [-0.15, -0.1) is 0 Å². The molecule has 0 aromatic heterocycles. The minimum absolute atomic E-state index is 0.198. The van der Waals surface area contributed by atoms with Crippen LogP contribution in [0.5, 0.6) is 0 Å². The minimum Gasteiger partial charge on any atom is -0.316 e. The zero-order valence-corrected chi connectivity index (χ0v) is 13.0. The maximum atomic E-state index is 12.3. The Balaban J connectivity index is 1.99. The van der Waals surface area contributed by atoms with Crippen LogP contribution in [0.4, 0.5) is 0 Å². The summed E-state index contributed by atoms with van der Waals surface area (Å²) in [4.78, 5) is 0.198. The fourth-order valence-electron chi connectivity index (χ4n) is 2.60. The van der Waals surface area contributed by atoms with Gasteiger partial charge < -0.3 is 5.32 Å². The Morgan fingerprint density at radius 2 is 2.29 bits per heavy atom. The molecule has 0 spiro atoms. The second-order valence-corrected chi connectivity index (χ2v) is 7.23. The lowest BCUT2D eigenvalue weighted by Crippen LogP contribution is -2.33. The molecular formula is C15H21N3O2S. The topological polar surface area (TPSA) is 82.0 Å². The highest BCUT2D eigenvalue weighted by Gasteiger charge is 2.18. The zero-order valence-electron chi connectivity index (χ0n) is 12.2. The number of aryl methyl sites for hydroxylation is 1. The fraction of sp³-hybridized carbons (Fsp3) is 0.533. The van der Waals surface area contributed by atoms with Gasteiger partial charge in [0.2, 0.25) is 10.0 Å². The Labute approximate surface area is 126 Å². The van der Waals surface area contributed by atoms with Crippen molar-refractivity contribution in [3.63, 3.8) is 0 Å². The summed E-state index contributed by atoms with van der Waals surface area (Å²) in [5, 5.41) is 12.2. The van der Waals surface area contributed by atoms with E-state index in [0.717, 1.165) is 32.4 Å². The second-order valence-electron chi connectivity index (χ2n) is 5.49. The third-order valence-electron chi connectivity index (χ3n) is 3.85. The Morgan fingerprint density at radius 1 is 1.48 bits per heavy atom. The molecule has 2 rings (SSSR count). The van der Waals surface area contributed by atoms with Crippen molar-refractivity contribution < 1.29 is 8.42 Å². The van der Waals surface area contributed by atoms with Crippen molar-refractivity contribution in [1.29, 1.82) is 5.26 Å². The van der Waals surface area contributed by atoms with Gasteiger partial charge in [-0.3, -0.25) is 0 Å². The normalized spacial score (nSPS) is 19.1. The third kappa shape index (κ3) is 4.27. The molecule has 5 nitrogen and oxygen atoms in total. The van der Waals surface area contributed by atoms with Crippen molar-refractivity contribution in [2.24, 2.45) is 5.92 Å². The maximum Gasteiger partial charge on any atom is 0.240 e. The number of hydrogen-bond acceptors (Lipinski definition) is 4. The van der Waals surface area contributed by atoms with Crippen LogP contribution in [0.25, 0.3) is 0 Å². The number of nitrogens with one attached hydrogen (secondary N) is 2. The van der Waals surface area contributed by atoms with E-state index >= 15 is 0 Å². The highest BCUT2D eigenvalue weighted by Crippen LogP contribution is 2.18. The number of hydrogen-bond donors (Lipinski definition) is 2. The van der Waals surface area contributed by atoms with Gasteiger partial charge in [0.15, 0.2) is 0 Å². The van der Waals surface area contributed by atoms with Gasteiger partial charge in [-0.1, -0.05) is 6.07 Å². The summed E-state index contributed by atoms with van der Waals surface area (Å²) < 4.78 is 27.3. The van der Waals surface area contributed by atoms with Crippen LogP contribution >= 0.6 is 0 Å². The molecule has 0 saturated carbocycles. The Bertz CT molecular complexity index is 629. The van der Waals surface area contributed by atoms with Crippen LogP contribution in [0.3, 0.4) is 0 Å². The summed E-state index contributed by atoms with van der Waals surface area (Å²) in [5.41, 5.74) is 1.01. The monoisotopic (exact) mass is 307 g/mol. The van der Waals surface area contributed by atoms with Crippen LogP contribution in [0, 0.1) is 24.2 Å². The standard InChI is InChI=1S/C15H21N3O2S/c1-12-4-5-14(10-16)9-15(12)21(19,20)18-8-6-13-3-2-7-17-11-13/h4-5,9,13,17-18H,2-3,6-8,11H2,1H3. The lowest BCUT2D eigenvalue weighted by molar-refractivity contribution is 0.358. The van der Waals surface area contributed by atoms with Crippen LogP contribution in [-0.2, 0) is 10.0 Å². The first-order chi connectivity index (χ1) is 10.0. The van der Waals surface area contributed by atoms with E-state index in [9.17, 15) is 8.42 Å². The molecule has 1 aromatic rings. The van der Waals surface area contributed by atoms with Crippen LogP contribution in [0.2, 0.25) is 0 Å². The fourth-order valence-corrected chi connectivity index (χ4v) is 3.92. The molecule has 1 fully saturated rings. The van der Waals surface area contributed by atoms with E-state index in [1.54, 1.807) is 19.1 Å². The molecule has 0 bridgehead atoms. The van der Waals surface area contributed by atoms with Crippen LogP contribution in [0.15, 0.2) is 23.1 Å². The predicted octanol–water partition coefficient (Wildman–Crippen LogP) is 1.53. The van der Waals surface area contributed by atoms with E-state index in [1.165, 1.54) is 6.07 Å². The highest BCUT2D eigenvalue weighted by molar-refractivity contribution is 7.89. The summed E-state index contributed by atoms with van der Waals surface area (Å²) >= 11 is 0. The van der Waals surface area contributed by atoms with Gasteiger partial charge in [0, 0.05) is 6.54 Å². The van der Waals surface area contributed by atoms with Crippen molar-refractivity contribution in [3.05, 3.63) is 29.3 Å². The summed E-state index contributed by atoms with van der Waals surface area (Å²) in [5.74, 6) is 0.535. The first-order valence-electron chi connectivity index (χ1n) is 7.24. The third-order valence-corrected chi connectivity index (χ3v) is 5.45. The molecule has 1 atom stereocenters. The van der Waals surface area contributed by atoms with Gasteiger partial charge in [0.05, 0.1) is 16.5 Å². The number of nitrogens with zero attached hydrogens (tertiary/aromatic N) is 1. The summed E-state index contributed by atoms with van der Waals surface area (Å²) in [6.45, 7) is 4.19. The minimum atomic E-state index is -3.55. The van der Waals surface area contributed by atoms with Gasteiger partial charge >= 0.3 is 0 Å². The number of benzene rings is 1. The van der Waals surface area contributed by atoms with Crippen molar-refractivity contribution in [2.45, 2.75) is 31.1 Å². The number of nitriles is 1. The molecule has 6 heteroatoms. The first kappa shape index (κ1) is 16.0. The van der Waals surface area contributed by atoms with Crippen LogP contribution < -0.4 is 10.0 Å². The Hall–Kier alpha value is -1.42. The quantitative estimate of drug-likeness (QED) is 0.864. The molecular weight excluding hydrogens is 286 g/mol. The van der Waals surface area contributed by atoms with Crippen molar-refractivity contribution >= 4 is 10.0 Å². The zero-order chi connectivity index (χ0) is 15.3. The predicted molar refractivity (Wildman–Crippen MR) is 81.3 cm³/mol. The maximum absolute atomic E-state index is 12.3. The number of rotatable bonds is 5. The van der Waals surface area contributed by atoms with E-state index in [-0.39, 0.29) is 4.90 Å². The van der Waals surface area contributed by atoms with Gasteiger partial charge in [-0.05, 0) is 62.9 Å². The van der Waals surface area contributed by atoms with E-state index in [0.29, 0.717) is 23.6 Å². The molecule has 21 heavy (non-hydrogen) atoms. The molecule has 1 aliphatic heterocycles. The van der Waals surface area contributed by atoms with Crippen molar-refractivity contribution in [3.8, 4) is 6.07 Å². The summed E-state index contributed by atoms with van der Waals surface area (Å²) in [6.07, 6.45) is 3.14. The lowest BCUT2D eigenvalue weighted by Gasteiger charge is -2.22. The largest absolute Gasteiger partial charge is 0.316 e. The molecule has 0 radical (unpaired) electrons. The highest BCUT2D eigenvalue weighted by atomic mass is 32.2. The molecule has 0 amide bonds. The summed E-state index contributed by atoms with van der Waals surface area (Å²) in [6, 6.07) is 6.70. The van der Waals surface area contributed by atoms with Gasteiger partial charge in [-0.2, -0.15) is 5.26 Å². The Morgan fingerprint density at radius 3 is 2.95 bits per heavy atom. The van der Waals surface area contributed by atoms with E-state index in [4.69, 9.17) is 5.26 Å². The lowest BCUT2D eigenvalue weighted by atomic mass is 9.96. The molecule has 0 aliphatic carbocycles. The first-order valence-corrected chi connectivity index (χ1v) is 8.72. The molecule has 1 unspecified atom stereocenters. The number of sulfonamides is 1. The average molecular weight is 307 g/mol. The summed E-state index contributed by atoms with van der Waals surface area (Å²) in [7, 11) is -3.55.